The highest BCUT2D eigenvalue weighted by atomic mass is 16.5. The van der Waals surface area contributed by atoms with Gasteiger partial charge >= 0.3 is 0 Å². The molecule has 1 N–H and O–H groups in total. The van der Waals surface area contributed by atoms with Crippen LogP contribution in [0.4, 0.5) is 11.4 Å². The van der Waals surface area contributed by atoms with Gasteiger partial charge in [0.25, 0.3) is 17.7 Å². The van der Waals surface area contributed by atoms with Gasteiger partial charge in [-0.2, -0.15) is 0 Å². The maximum atomic E-state index is 13.1. The number of fused-ring (bicyclic) bond motifs is 2. The Morgan fingerprint density at radius 2 is 1.74 bits per heavy atom. The van der Waals surface area contributed by atoms with Crippen molar-refractivity contribution in [2.24, 2.45) is 0 Å². The van der Waals surface area contributed by atoms with Crippen molar-refractivity contribution in [2.45, 2.75) is 13.8 Å². The summed E-state index contributed by atoms with van der Waals surface area (Å²) in [5.41, 5.74) is 3.62. The molecule has 0 unspecified atom stereocenters. The molecular formula is C27H21N3O4. The number of pyridine rings is 1. The standard InChI is InChI=1S/C27H21N3O4/c1-3-34-19-10-8-18(9-11-19)30-26(32)20-12-7-17(15-22(20)27(30)33)25(31)29-23-13-6-16(2)24-21(23)5-4-14-28-24/h4-15H,3H2,1-2H3,(H,29,31). The normalized spacial score (nSPS) is 12.7. The summed E-state index contributed by atoms with van der Waals surface area (Å²) in [7, 11) is 0. The quantitative estimate of drug-likeness (QED) is 0.432. The number of rotatable bonds is 5. The van der Waals surface area contributed by atoms with Crippen LogP contribution >= 0.6 is 0 Å². The Bertz CT molecular complexity index is 1460. The van der Waals surface area contributed by atoms with Gasteiger partial charge in [-0.1, -0.05) is 6.07 Å². The van der Waals surface area contributed by atoms with Gasteiger partial charge in [0.2, 0.25) is 0 Å². The zero-order valence-electron chi connectivity index (χ0n) is 18.7. The maximum Gasteiger partial charge on any atom is 0.266 e. The second-order valence-corrected chi connectivity index (χ2v) is 7.92. The number of hydrogen-bond acceptors (Lipinski definition) is 5. The summed E-state index contributed by atoms with van der Waals surface area (Å²) >= 11 is 0. The zero-order chi connectivity index (χ0) is 23.8. The van der Waals surface area contributed by atoms with E-state index in [1.807, 2.05) is 38.1 Å². The lowest BCUT2D eigenvalue weighted by atomic mass is 10.0. The fourth-order valence-corrected chi connectivity index (χ4v) is 4.09. The van der Waals surface area contributed by atoms with Crippen LogP contribution in [-0.2, 0) is 0 Å². The van der Waals surface area contributed by atoms with E-state index < -0.39 is 11.8 Å². The van der Waals surface area contributed by atoms with Gasteiger partial charge < -0.3 is 10.1 Å². The monoisotopic (exact) mass is 451 g/mol. The number of hydrogen-bond donors (Lipinski definition) is 1. The molecule has 7 heteroatoms. The smallest absolute Gasteiger partial charge is 0.266 e. The van der Waals surface area contributed by atoms with Crippen LogP contribution in [0.1, 0.15) is 43.6 Å². The van der Waals surface area contributed by atoms with E-state index in [1.165, 1.54) is 12.1 Å². The average Bonchev–Trinajstić information content (AvgIpc) is 3.11. The molecule has 0 atom stereocenters. The molecule has 0 saturated heterocycles. The molecule has 1 aliphatic heterocycles. The second-order valence-electron chi connectivity index (χ2n) is 7.92. The molecule has 4 aromatic rings. The van der Waals surface area contributed by atoms with Gasteiger partial charge in [-0.25, -0.2) is 4.90 Å². The van der Waals surface area contributed by atoms with Gasteiger partial charge in [0.05, 0.1) is 34.6 Å². The molecule has 5 rings (SSSR count). The van der Waals surface area contributed by atoms with E-state index in [1.54, 1.807) is 36.5 Å². The molecule has 0 radical (unpaired) electrons. The van der Waals surface area contributed by atoms with Crippen molar-refractivity contribution in [3.8, 4) is 5.75 Å². The summed E-state index contributed by atoms with van der Waals surface area (Å²) in [6.07, 6.45) is 1.71. The number of carbonyl (C=O) groups is 3. The van der Waals surface area contributed by atoms with Gasteiger partial charge in [-0.15, -0.1) is 0 Å². The molecule has 2 heterocycles. The third-order valence-corrected chi connectivity index (χ3v) is 5.77. The number of aromatic nitrogens is 1. The van der Waals surface area contributed by atoms with Gasteiger partial charge in [0.1, 0.15) is 5.75 Å². The first-order chi connectivity index (χ1) is 16.5. The molecule has 0 aliphatic carbocycles. The van der Waals surface area contributed by atoms with E-state index in [9.17, 15) is 14.4 Å². The van der Waals surface area contributed by atoms with Crippen molar-refractivity contribution in [1.29, 1.82) is 0 Å². The predicted octanol–water partition coefficient (Wildman–Crippen LogP) is 4.99. The van der Waals surface area contributed by atoms with Gasteiger partial charge in [0, 0.05) is 17.1 Å². The number of carbonyl (C=O) groups excluding carboxylic acids is 3. The van der Waals surface area contributed by atoms with Crippen LogP contribution in [0.15, 0.2) is 72.9 Å². The van der Waals surface area contributed by atoms with Gasteiger partial charge in [0.15, 0.2) is 0 Å². The summed E-state index contributed by atoms with van der Waals surface area (Å²) in [5, 5.41) is 3.73. The fraction of sp³-hybridized carbons (Fsp3) is 0.111. The Balaban J connectivity index is 1.43. The van der Waals surface area contributed by atoms with Crippen molar-refractivity contribution < 1.29 is 19.1 Å². The summed E-state index contributed by atoms with van der Waals surface area (Å²) in [5.74, 6) is -0.618. The number of anilines is 2. The molecule has 0 saturated carbocycles. The number of ether oxygens (including phenoxy) is 1. The topological polar surface area (TPSA) is 88.6 Å². The second kappa shape index (κ2) is 8.44. The Labute approximate surface area is 196 Å². The van der Waals surface area contributed by atoms with Crippen molar-refractivity contribution in [3.63, 3.8) is 0 Å². The number of aryl methyl sites for hydroxylation is 1. The minimum absolute atomic E-state index is 0.196. The largest absolute Gasteiger partial charge is 0.494 e. The van der Waals surface area contributed by atoms with Crippen LogP contribution in [0.25, 0.3) is 10.9 Å². The first-order valence-electron chi connectivity index (χ1n) is 10.9. The van der Waals surface area contributed by atoms with Crippen LogP contribution in [0.2, 0.25) is 0 Å². The Morgan fingerprint density at radius 1 is 0.971 bits per heavy atom. The summed E-state index contributed by atoms with van der Waals surface area (Å²) in [6, 6.07) is 18.7. The van der Waals surface area contributed by atoms with Crippen molar-refractivity contribution in [1.82, 2.24) is 4.98 Å². The maximum absolute atomic E-state index is 13.1. The number of nitrogens with zero attached hydrogens (tertiary/aromatic N) is 2. The molecule has 3 aromatic carbocycles. The summed E-state index contributed by atoms with van der Waals surface area (Å²) in [6.45, 7) is 4.36. The van der Waals surface area contributed by atoms with E-state index in [0.717, 1.165) is 21.4 Å². The number of benzene rings is 3. The molecule has 1 aromatic heterocycles. The Morgan fingerprint density at radius 3 is 2.50 bits per heavy atom. The summed E-state index contributed by atoms with van der Waals surface area (Å²) in [4.78, 5) is 44.6. The summed E-state index contributed by atoms with van der Waals surface area (Å²) < 4.78 is 5.43. The molecule has 34 heavy (non-hydrogen) atoms. The molecule has 168 valence electrons. The van der Waals surface area contributed by atoms with E-state index in [0.29, 0.717) is 23.7 Å². The Kier molecular flexibility index (Phi) is 5.30. The molecule has 0 bridgehead atoms. The highest BCUT2D eigenvalue weighted by Gasteiger charge is 2.37. The van der Waals surface area contributed by atoms with E-state index in [2.05, 4.69) is 10.3 Å². The van der Waals surface area contributed by atoms with Crippen molar-refractivity contribution in [2.75, 3.05) is 16.8 Å². The molecule has 3 amide bonds. The number of nitrogens with one attached hydrogen (secondary N) is 1. The van der Waals surface area contributed by atoms with Gasteiger partial charge in [-0.05, 0) is 80.1 Å². The predicted molar refractivity (Wildman–Crippen MR) is 130 cm³/mol. The highest BCUT2D eigenvalue weighted by Crippen LogP contribution is 2.31. The average molecular weight is 451 g/mol. The minimum atomic E-state index is -0.469. The fourth-order valence-electron chi connectivity index (χ4n) is 4.09. The third-order valence-electron chi connectivity index (χ3n) is 5.77. The minimum Gasteiger partial charge on any atom is -0.494 e. The number of imide groups is 1. The molecule has 0 fully saturated rings. The molecule has 7 nitrogen and oxygen atoms in total. The van der Waals surface area contributed by atoms with Crippen molar-refractivity contribution in [3.05, 3.63) is 95.2 Å². The third kappa shape index (κ3) is 3.57. The lowest BCUT2D eigenvalue weighted by Gasteiger charge is -2.14. The molecule has 1 aliphatic rings. The van der Waals surface area contributed by atoms with Crippen molar-refractivity contribution >= 4 is 40.0 Å². The molecular weight excluding hydrogens is 430 g/mol. The van der Waals surface area contributed by atoms with Crippen LogP contribution in [0.5, 0.6) is 5.75 Å². The van der Waals surface area contributed by atoms with E-state index in [-0.39, 0.29) is 22.6 Å². The van der Waals surface area contributed by atoms with E-state index >= 15 is 0 Å². The molecule has 0 spiro atoms. The lowest BCUT2D eigenvalue weighted by molar-refractivity contribution is 0.0925. The highest BCUT2D eigenvalue weighted by molar-refractivity contribution is 6.34. The van der Waals surface area contributed by atoms with Crippen LogP contribution in [0.3, 0.4) is 0 Å². The Hall–Kier alpha value is -4.52. The van der Waals surface area contributed by atoms with Crippen LogP contribution < -0.4 is 15.0 Å². The SMILES string of the molecule is CCOc1ccc(N2C(=O)c3ccc(C(=O)Nc4ccc(C)c5ncccc45)cc3C2=O)cc1. The lowest BCUT2D eigenvalue weighted by Crippen LogP contribution is -2.29. The van der Waals surface area contributed by atoms with Crippen LogP contribution in [0, 0.1) is 6.92 Å². The zero-order valence-corrected chi connectivity index (χ0v) is 18.7. The van der Waals surface area contributed by atoms with Gasteiger partial charge in [-0.3, -0.25) is 19.4 Å². The van der Waals surface area contributed by atoms with E-state index in [4.69, 9.17) is 4.74 Å². The number of amides is 3. The van der Waals surface area contributed by atoms with Crippen LogP contribution in [-0.4, -0.2) is 29.3 Å². The first-order valence-corrected chi connectivity index (χ1v) is 10.9. The first kappa shape index (κ1) is 21.3.